The normalized spacial score (nSPS) is 12.2. The molecule has 9 nitrogen and oxygen atoms in total. The third-order valence-corrected chi connectivity index (χ3v) is 3.10. The number of aliphatic hydroxyl groups is 1. The van der Waals surface area contributed by atoms with Crippen molar-refractivity contribution in [2.45, 2.75) is 30.9 Å². The molecule has 0 heterocycles. The van der Waals surface area contributed by atoms with Crippen LogP contribution < -0.4 is 104 Å². The maximum Gasteiger partial charge on any atom is 1.00 e. The largest absolute Gasteiger partial charge is 1.00 e. The van der Waals surface area contributed by atoms with Crippen LogP contribution in [0.4, 0.5) is 0 Å². The topological polar surface area (TPSA) is 177 Å². The number of carboxylic acids is 2. The van der Waals surface area contributed by atoms with Crippen LogP contribution in [0.3, 0.4) is 0 Å². The fourth-order valence-corrected chi connectivity index (χ4v) is 1.92. The van der Waals surface area contributed by atoms with Gasteiger partial charge in [-0.25, -0.2) is 0 Å². The molecular weight excluding hydrogens is 391 g/mol. The molecule has 12 heteroatoms. The third-order valence-electron chi connectivity index (χ3n) is 3.10. The molecule has 0 saturated heterocycles. The molecule has 0 aliphatic rings. The molecule has 0 spiro atoms. The number of hydrogen-bond acceptors (Lipinski definition) is 8. The van der Waals surface area contributed by atoms with Crippen LogP contribution in [-0.4, -0.2) is 46.4 Å². The number of hydrogen-bond donors (Lipinski definition) is 2. The molecule has 0 aromatic heterocycles. The van der Waals surface area contributed by atoms with Crippen LogP contribution in [0.25, 0.3) is 0 Å². The predicted molar refractivity (Wildman–Crippen MR) is 73.9 cm³/mol. The molecule has 0 saturated carbocycles. The molecule has 3 N–H and O–H groups in total. The Bertz CT molecular complexity index is 602. The summed E-state index contributed by atoms with van der Waals surface area (Å²) in [6, 6.07) is 6.77. The summed E-state index contributed by atoms with van der Waals surface area (Å²) in [6.07, 6.45) is -1.01. The monoisotopic (exact) mass is 406 g/mol. The van der Waals surface area contributed by atoms with E-state index in [0.29, 0.717) is 5.56 Å². The number of carbonyl (C=O) groups is 3. The van der Waals surface area contributed by atoms with Gasteiger partial charge < -0.3 is 40.5 Å². The zero-order valence-corrected chi connectivity index (χ0v) is 21.4. The molecule has 132 valence electrons. The van der Waals surface area contributed by atoms with E-state index in [9.17, 15) is 34.5 Å². The van der Waals surface area contributed by atoms with E-state index in [1.807, 2.05) is 5.32 Å². The Kier molecular flexibility index (Phi) is 22.0. The van der Waals surface area contributed by atoms with Crippen molar-refractivity contribution >= 4 is 24.1 Å². The molecule has 2 unspecified atom stereocenters. The summed E-state index contributed by atoms with van der Waals surface area (Å²) in [7, 11) is 0. The summed E-state index contributed by atoms with van der Waals surface area (Å²) < 4.78 is 0. The average molecular weight is 406 g/mol. The molecule has 0 fully saturated rings. The molecule has 2 atom stereocenters. The molecular formula is C15H15NNa3O8-. The first-order chi connectivity index (χ1) is 10.8. The quantitative estimate of drug-likeness (QED) is 0.300. The predicted octanol–water partition coefficient (Wildman–Crippen LogP) is -12.3. The number of aliphatic carboxylic acids is 2. The standard InChI is InChI=1S/C15H16NO7.3Na.H2O/c17-7-6-15(23,9-12(18)19)14(22)16-11(13(20)21)8-10-4-2-1-3-5-10;;;;/h1-5,11,23H,6,8-9H2,(H,16,22)(H,18,19)(H,20,21);;;;1H2/q-1;3*+1;/p-3. The van der Waals surface area contributed by atoms with E-state index in [1.54, 1.807) is 30.3 Å². The van der Waals surface area contributed by atoms with Gasteiger partial charge >= 0.3 is 88.7 Å². The fourth-order valence-electron chi connectivity index (χ4n) is 1.92. The van der Waals surface area contributed by atoms with Gasteiger partial charge in [-0.2, -0.15) is 0 Å². The minimum Gasteiger partial charge on any atom is -0.870 e. The summed E-state index contributed by atoms with van der Waals surface area (Å²) in [5.74, 6) is -4.71. The van der Waals surface area contributed by atoms with Crippen molar-refractivity contribution in [2.75, 3.05) is 0 Å². The van der Waals surface area contributed by atoms with Crippen LogP contribution in [0.1, 0.15) is 18.4 Å². The van der Waals surface area contributed by atoms with Crippen molar-refractivity contribution in [1.29, 1.82) is 0 Å². The molecule has 0 bridgehead atoms. The zero-order valence-electron chi connectivity index (χ0n) is 15.4. The number of rotatable bonds is 9. The van der Waals surface area contributed by atoms with Crippen molar-refractivity contribution in [3.63, 3.8) is 0 Å². The van der Waals surface area contributed by atoms with Crippen LogP contribution in [0.15, 0.2) is 30.3 Å². The maximum atomic E-state index is 12.0. The van der Waals surface area contributed by atoms with Gasteiger partial charge in [0, 0.05) is 12.4 Å². The first-order valence-corrected chi connectivity index (χ1v) is 6.61. The Morgan fingerprint density at radius 2 is 1.63 bits per heavy atom. The third kappa shape index (κ3) is 12.4. The SMILES string of the molecule is O=[C-]CC(O)(CC(=O)[O-])C(=O)NC(Cc1ccccc1)C(=O)[O-].[Na+].[Na+].[Na+].[OH-]. The van der Waals surface area contributed by atoms with Gasteiger partial charge in [0.15, 0.2) is 0 Å². The van der Waals surface area contributed by atoms with E-state index in [-0.39, 0.29) is 101 Å². The van der Waals surface area contributed by atoms with Crippen molar-refractivity contribution < 1.29 is 129 Å². The fraction of sp³-hybridized carbons (Fsp3) is 0.333. The van der Waals surface area contributed by atoms with E-state index in [0.717, 1.165) is 0 Å². The Morgan fingerprint density at radius 3 is 2.04 bits per heavy atom. The Labute approximate surface area is 222 Å². The van der Waals surface area contributed by atoms with Crippen molar-refractivity contribution in [2.24, 2.45) is 0 Å². The minimum atomic E-state index is -2.63. The second-order valence-corrected chi connectivity index (χ2v) is 4.94. The number of benzene rings is 1. The Hall–Kier alpha value is 0.220. The van der Waals surface area contributed by atoms with E-state index in [1.165, 1.54) is 6.29 Å². The van der Waals surface area contributed by atoms with Gasteiger partial charge in [0.2, 0.25) is 5.91 Å². The van der Waals surface area contributed by atoms with Crippen molar-refractivity contribution in [3.8, 4) is 0 Å². The molecule has 27 heavy (non-hydrogen) atoms. The molecule has 1 amide bonds. The number of amides is 1. The van der Waals surface area contributed by atoms with E-state index in [4.69, 9.17) is 0 Å². The second-order valence-electron chi connectivity index (χ2n) is 4.94. The zero-order chi connectivity index (χ0) is 17.5. The van der Waals surface area contributed by atoms with Gasteiger partial charge in [0.25, 0.3) is 0 Å². The van der Waals surface area contributed by atoms with Gasteiger partial charge in [0.05, 0.1) is 12.0 Å². The minimum absolute atomic E-state index is 0. The van der Waals surface area contributed by atoms with Crippen LogP contribution in [0.5, 0.6) is 0 Å². The average Bonchev–Trinajstić information content (AvgIpc) is 2.46. The second kappa shape index (κ2) is 17.1. The van der Waals surface area contributed by atoms with Gasteiger partial charge in [-0.15, -0.1) is 6.42 Å². The molecule has 1 rings (SSSR count). The Morgan fingerprint density at radius 1 is 1.11 bits per heavy atom. The van der Waals surface area contributed by atoms with Crippen LogP contribution in [0.2, 0.25) is 0 Å². The maximum absolute atomic E-state index is 12.0. The first-order valence-electron chi connectivity index (χ1n) is 6.61. The van der Waals surface area contributed by atoms with E-state index < -0.39 is 42.3 Å². The Balaban J connectivity index is -0.000000661. The number of carbonyl (C=O) groups excluding carboxylic acids is 4. The van der Waals surface area contributed by atoms with Crippen molar-refractivity contribution in [1.82, 2.24) is 5.32 Å². The molecule has 0 radical (unpaired) electrons. The summed E-state index contributed by atoms with van der Waals surface area (Å²) in [5, 5.41) is 33.6. The molecule has 0 aliphatic heterocycles. The summed E-state index contributed by atoms with van der Waals surface area (Å²) in [5.41, 5.74) is -2.06. The van der Waals surface area contributed by atoms with Gasteiger partial charge in [0.1, 0.15) is 5.60 Å². The summed E-state index contributed by atoms with van der Waals surface area (Å²) in [4.78, 5) is 44.1. The summed E-state index contributed by atoms with van der Waals surface area (Å²) >= 11 is 0. The smallest absolute Gasteiger partial charge is 0.870 e. The number of nitrogens with one attached hydrogen (secondary N) is 1. The van der Waals surface area contributed by atoms with E-state index in [2.05, 4.69) is 0 Å². The van der Waals surface area contributed by atoms with Gasteiger partial charge in [-0.1, -0.05) is 30.3 Å². The number of carboxylic acid groups (broad SMARTS) is 2. The molecule has 0 aliphatic carbocycles. The van der Waals surface area contributed by atoms with Gasteiger partial charge in [-0.05, 0) is 12.0 Å². The van der Waals surface area contributed by atoms with Crippen LogP contribution in [-0.2, 0) is 25.6 Å². The van der Waals surface area contributed by atoms with Crippen molar-refractivity contribution in [3.05, 3.63) is 35.9 Å². The molecule has 1 aromatic rings. The van der Waals surface area contributed by atoms with E-state index >= 15 is 0 Å². The first kappa shape index (κ1) is 34.7. The van der Waals surface area contributed by atoms with Gasteiger partial charge in [-0.3, -0.25) is 11.1 Å². The molecule has 1 aromatic carbocycles. The van der Waals surface area contributed by atoms with Crippen LogP contribution in [0, 0.1) is 0 Å². The summed E-state index contributed by atoms with van der Waals surface area (Å²) in [6.45, 7) is 0. The van der Waals surface area contributed by atoms with Crippen LogP contribution >= 0.6 is 0 Å².